The summed E-state index contributed by atoms with van der Waals surface area (Å²) in [6, 6.07) is 7.94. The van der Waals surface area contributed by atoms with Crippen LogP contribution in [0.5, 0.6) is 5.75 Å². The lowest BCUT2D eigenvalue weighted by Crippen LogP contribution is -2.44. The third-order valence-electron chi connectivity index (χ3n) is 2.50. The molecular formula is C16H26N2O2. The predicted octanol–water partition coefficient (Wildman–Crippen LogP) is 2.48. The van der Waals surface area contributed by atoms with Gasteiger partial charge in [0.2, 0.25) is 5.91 Å². The van der Waals surface area contributed by atoms with Gasteiger partial charge in [-0.3, -0.25) is 4.79 Å². The van der Waals surface area contributed by atoms with Crippen LogP contribution < -0.4 is 15.4 Å². The van der Waals surface area contributed by atoms with E-state index in [4.69, 9.17) is 4.74 Å². The maximum Gasteiger partial charge on any atom is 0.234 e. The fourth-order valence-corrected chi connectivity index (χ4v) is 1.75. The highest BCUT2D eigenvalue weighted by molar-refractivity contribution is 5.78. The molecule has 0 spiro atoms. The molecule has 0 aliphatic rings. The number of nitrogens with one attached hydrogen (secondary N) is 2. The Balaban J connectivity index is 2.36. The summed E-state index contributed by atoms with van der Waals surface area (Å²) in [5.74, 6) is 0.890. The number of ether oxygens (including phenoxy) is 1. The van der Waals surface area contributed by atoms with Gasteiger partial charge in [0.25, 0.3) is 0 Å². The fraction of sp³-hybridized carbons (Fsp3) is 0.562. The van der Waals surface area contributed by atoms with Gasteiger partial charge >= 0.3 is 0 Å². The van der Waals surface area contributed by atoms with E-state index in [2.05, 4.69) is 17.6 Å². The van der Waals surface area contributed by atoms with Gasteiger partial charge in [0.05, 0.1) is 13.2 Å². The van der Waals surface area contributed by atoms with Crippen molar-refractivity contribution < 1.29 is 9.53 Å². The van der Waals surface area contributed by atoms with Crippen molar-refractivity contribution in [2.45, 2.75) is 46.2 Å². The minimum Gasteiger partial charge on any atom is -0.494 e. The van der Waals surface area contributed by atoms with Gasteiger partial charge < -0.3 is 15.4 Å². The summed E-state index contributed by atoms with van der Waals surface area (Å²) in [7, 11) is 0. The van der Waals surface area contributed by atoms with Crippen LogP contribution in [0.3, 0.4) is 0 Å². The van der Waals surface area contributed by atoms with Gasteiger partial charge in [-0.05, 0) is 44.9 Å². The maximum atomic E-state index is 11.7. The Hall–Kier alpha value is -1.55. The van der Waals surface area contributed by atoms with Crippen LogP contribution in [0.1, 0.15) is 39.7 Å². The highest BCUT2D eigenvalue weighted by atomic mass is 16.5. The molecule has 0 saturated heterocycles. The molecule has 112 valence electrons. The smallest absolute Gasteiger partial charge is 0.234 e. The average Bonchev–Trinajstić information content (AvgIpc) is 2.34. The van der Waals surface area contributed by atoms with E-state index in [9.17, 15) is 4.79 Å². The first-order valence-corrected chi connectivity index (χ1v) is 7.14. The Kier molecular flexibility index (Phi) is 6.52. The minimum absolute atomic E-state index is 0.0101. The topological polar surface area (TPSA) is 50.4 Å². The van der Waals surface area contributed by atoms with E-state index in [0.29, 0.717) is 13.1 Å². The van der Waals surface area contributed by atoms with Gasteiger partial charge in [-0.15, -0.1) is 0 Å². The van der Waals surface area contributed by atoms with Gasteiger partial charge in [0.15, 0.2) is 0 Å². The second-order valence-electron chi connectivity index (χ2n) is 5.90. The van der Waals surface area contributed by atoms with Crippen LogP contribution in [0.25, 0.3) is 0 Å². The average molecular weight is 278 g/mol. The van der Waals surface area contributed by atoms with Crippen LogP contribution in [-0.4, -0.2) is 24.6 Å². The lowest BCUT2D eigenvalue weighted by atomic mass is 10.1. The molecule has 0 fully saturated rings. The zero-order valence-corrected chi connectivity index (χ0v) is 13.0. The van der Waals surface area contributed by atoms with Gasteiger partial charge in [-0.1, -0.05) is 19.1 Å². The summed E-state index contributed by atoms with van der Waals surface area (Å²) >= 11 is 0. The summed E-state index contributed by atoms with van der Waals surface area (Å²) < 4.78 is 5.58. The summed E-state index contributed by atoms with van der Waals surface area (Å²) in [4.78, 5) is 11.7. The molecule has 0 atom stereocenters. The summed E-state index contributed by atoms with van der Waals surface area (Å²) in [6.45, 7) is 9.70. The molecule has 1 aromatic rings. The van der Waals surface area contributed by atoms with Gasteiger partial charge in [0.1, 0.15) is 5.75 Å². The van der Waals surface area contributed by atoms with Crippen LogP contribution in [0.2, 0.25) is 0 Å². The molecule has 1 rings (SSSR count). The molecule has 1 aromatic carbocycles. The van der Waals surface area contributed by atoms with Crippen LogP contribution in [0, 0.1) is 0 Å². The van der Waals surface area contributed by atoms with Crippen LogP contribution >= 0.6 is 0 Å². The van der Waals surface area contributed by atoms with E-state index >= 15 is 0 Å². The summed E-state index contributed by atoms with van der Waals surface area (Å²) in [6.07, 6.45) is 0.995. The molecule has 20 heavy (non-hydrogen) atoms. The lowest BCUT2D eigenvalue weighted by molar-refractivity contribution is -0.121. The lowest BCUT2D eigenvalue weighted by Gasteiger charge is -2.20. The zero-order valence-electron chi connectivity index (χ0n) is 13.0. The van der Waals surface area contributed by atoms with Crippen molar-refractivity contribution in [2.24, 2.45) is 0 Å². The number of carbonyl (C=O) groups is 1. The first-order chi connectivity index (χ1) is 9.40. The van der Waals surface area contributed by atoms with E-state index in [1.807, 2.05) is 45.0 Å². The highest BCUT2D eigenvalue weighted by Crippen LogP contribution is 2.13. The molecule has 0 aliphatic heterocycles. The van der Waals surface area contributed by atoms with Gasteiger partial charge in [-0.25, -0.2) is 0 Å². The maximum absolute atomic E-state index is 11.7. The number of hydrogen-bond donors (Lipinski definition) is 2. The van der Waals surface area contributed by atoms with Crippen LogP contribution in [-0.2, 0) is 11.3 Å². The number of amides is 1. The van der Waals surface area contributed by atoms with Crippen molar-refractivity contribution >= 4 is 5.91 Å². The Morgan fingerprint density at radius 3 is 2.70 bits per heavy atom. The first kappa shape index (κ1) is 16.5. The molecule has 1 amide bonds. The first-order valence-electron chi connectivity index (χ1n) is 7.14. The zero-order chi connectivity index (χ0) is 15.0. The van der Waals surface area contributed by atoms with E-state index in [1.165, 1.54) is 0 Å². The fourth-order valence-electron chi connectivity index (χ4n) is 1.75. The molecule has 0 aliphatic carbocycles. The summed E-state index contributed by atoms with van der Waals surface area (Å²) in [5, 5.41) is 6.06. The molecule has 0 aromatic heterocycles. The highest BCUT2D eigenvalue weighted by Gasteiger charge is 2.12. The minimum atomic E-state index is -0.188. The van der Waals surface area contributed by atoms with E-state index in [1.54, 1.807) is 0 Å². The van der Waals surface area contributed by atoms with E-state index in [-0.39, 0.29) is 11.4 Å². The molecular weight excluding hydrogens is 252 g/mol. The molecule has 4 heteroatoms. The molecule has 2 N–H and O–H groups in total. The molecule has 0 heterocycles. The second kappa shape index (κ2) is 7.90. The number of hydrogen-bond acceptors (Lipinski definition) is 3. The predicted molar refractivity (Wildman–Crippen MR) is 81.8 cm³/mol. The third-order valence-corrected chi connectivity index (χ3v) is 2.50. The van der Waals surface area contributed by atoms with Crippen LogP contribution in [0.4, 0.5) is 0 Å². The van der Waals surface area contributed by atoms with Crippen molar-refractivity contribution in [1.29, 1.82) is 0 Å². The van der Waals surface area contributed by atoms with E-state index < -0.39 is 0 Å². The Bertz CT molecular complexity index is 425. The second-order valence-corrected chi connectivity index (χ2v) is 5.90. The Morgan fingerprint density at radius 2 is 2.05 bits per heavy atom. The summed E-state index contributed by atoms with van der Waals surface area (Å²) in [5.41, 5.74) is 0.925. The normalized spacial score (nSPS) is 11.2. The third kappa shape index (κ3) is 7.14. The van der Waals surface area contributed by atoms with Crippen molar-refractivity contribution in [3.05, 3.63) is 29.8 Å². The van der Waals surface area contributed by atoms with Crippen molar-refractivity contribution in [3.8, 4) is 5.75 Å². The van der Waals surface area contributed by atoms with Crippen molar-refractivity contribution in [2.75, 3.05) is 13.2 Å². The van der Waals surface area contributed by atoms with Gasteiger partial charge in [-0.2, -0.15) is 0 Å². The number of benzene rings is 1. The molecule has 0 radical (unpaired) electrons. The SMILES string of the molecule is CCCOc1cccc(CNCC(=O)NC(C)(C)C)c1. The van der Waals surface area contributed by atoms with E-state index in [0.717, 1.165) is 24.3 Å². The molecule has 0 saturated carbocycles. The van der Waals surface area contributed by atoms with Crippen molar-refractivity contribution in [1.82, 2.24) is 10.6 Å². The number of carbonyl (C=O) groups excluding carboxylic acids is 1. The quantitative estimate of drug-likeness (QED) is 0.805. The molecule has 0 unspecified atom stereocenters. The van der Waals surface area contributed by atoms with Crippen LogP contribution in [0.15, 0.2) is 24.3 Å². The Morgan fingerprint density at radius 1 is 1.30 bits per heavy atom. The molecule has 4 nitrogen and oxygen atoms in total. The monoisotopic (exact) mass is 278 g/mol. The number of rotatable bonds is 7. The standard InChI is InChI=1S/C16H26N2O2/c1-5-9-20-14-8-6-7-13(10-14)11-17-12-15(19)18-16(2,3)4/h6-8,10,17H,5,9,11-12H2,1-4H3,(H,18,19). The van der Waals surface area contributed by atoms with Crippen molar-refractivity contribution in [3.63, 3.8) is 0 Å². The Labute approximate surface area is 121 Å². The van der Waals surface area contributed by atoms with Gasteiger partial charge in [0, 0.05) is 12.1 Å². The molecule has 0 bridgehead atoms. The largest absolute Gasteiger partial charge is 0.494 e.